The van der Waals surface area contributed by atoms with E-state index in [-0.39, 0.29) is 18.8 Å². The van der Waals surface area contributed by atoms with Crippen LogP contribution in [0, 0.1) is 5.92 Å². The van der Waals surface area contributed by atoms with Crippen LogP contribution in [-0.2, 0) is 4.79 Å². The highest BCUT2D eigenvalue weighted by Crippen LogP contribution is 2.14. The van der Waals surface area contributed by atoms with Crippen molar-refractivity contribution in [3.63, 3.8) is 0 Å². The quantitative estimate of drug-likeness (QED) is 0.279. The summed E-state index contributed by atoms with van der Waals surface area (Å²) in [6, 6.07) is 0. The third-order valence-electron chi connectivity index (χ3n) is 5.07. The Morgan fingerprint density at radius 1 is 0.613 bits per heavy atom. The lowest BCUT2D eigenvalue weighted by molar-refractivity contribution is -0.648. The second-order valence-electron chi connectivity index (χ2n) is 8.76. The Kier molecular flexibility index (Phi) is 45.3. The van der Waals surface area contributed by atoms with E-state index < -0.39 is 5.97 Å². The maximum Gasteiger partial charge on any atom is 0.0726 e. The lowest BCUT2D eigenvalue weighted by atomic mass is 10.0. The summed E-state index contributed by atoms with van der Waals surface area (Å²) in [5.74, 6) is -0.0415. The minimum atomic E-state index is -0.904. The highest BCUT2D eigenvalue weighted by molar-refractivity contribution is 5.63. The van der Waals surface area contributed by atoms with Crippen molar-refractivity contribution in [3.8, 4) is 0 Å². The summed E-state index contributed by atoms with van der Waals surface area (Å²) in [6.07, 6.45) is 17.0. The molecule has 4 N–H and O–H groups in total. The molecule has 4 nitrogen and oxygen atoms in total. The summed E-state index contributed by atoms with van der Waals surface area (Å²) in [7, 11) is 0. The molecule has 0 aliphatic carbocycles. The van der Waals surface area contributed by atoms with Gasteiger partial charge in [0.25, 0.3) is 0 Å². The van der Waals surface area contributed by atoms with Crippen LogP contribution >= 0.6 is 0 Å². The average Bonchev–Trinajstić information content (AvgIpc) is 2.70. The number of aliphatic carboxylic acids is 1. The number of hydrogen-bond donors (Lipinski definition) is 2. The molecule has 0 saturated heterocycles. The van der Waals surface area contributed by atoms with Gasteiger partial charge in [-0.1, -0.05) is 90.9 Å². The van der Waals surface area contributed by atoms with Gasteiger partial charge in [-0.2, -0.15) is 0 Å². The monoisotopic (exact) mass is 466 g/mol. The van der Waals surface area contributed by atoms with E-state index in [1.54, 1.807) is 0 Å². The normalized spacial score (nSPS) is 9.90. The molecule has 31 heavy (non-hydrogen) atoms. The van der Waals surface area contributed by atoms with Crippen LogP contribution in [0.5, 0.6) is 0 Å². The number of unbranched alkanes of at least 4 members (excludes halogenated alkanes) is 11. The highest BCUT2D eigenvalue weighted by Gasteiger charge is 1.96. The van der Waals surface area contributed by atoms with Gasteiger partial charge in [-0.05, 0) is 46.5 Å². The summed E-state index contributed by atoms with van der Waals surface area (Å²) in [4.78, 5) is 10.2. The lowest BCUT2D eigenvalue weighted by Gasteiger charge is -2.05. The lowest BCUT2D eigenvalue weighted by Crippen LogP contribution is -3.00. The van der Waals surface area contributed by atoms with Crippen LogP contribution in [0.25, 0.3) is 0 Å². The predicted octanol–water partition coefficient (Wildman–Crippen LogP) is 1.04. The summed E-state index contributed by atoms with van der Waals surface area (Å²) < 4.78 is 0. The molecule has 0 aromatic rings. The van der Waals surface area contributed by atoms with E-state index in [2.05, 4.69) is 52.2 Å². The molecule has 0 aromatic heterocycles. The Labute approximate surface area is 202 Å². The van der Waals surface area contributed by atoms with Crippen molar-refractivity contribution in [2.75, 3.05) is 26.2 Å². The van der Waals surface area contributed by atoms with E-state index in [0.717, 1.165) is 18.8 Å². The van der Waals surface area contributed by atoms with Gasteiger partial charge in [-0.15, -0.1) is 0 Å². The largest absolute Gasteiger partial charge is 1.00 e. The smallest absolute Gasteiger partial charge is 0.0726 e. The second-order valence-corrected chi connectivity index (χ2v) is 8.76. The molecule has 0 aliphatic rings. The van der Waals surface area contributed by atoms with E-state index in [9.17, 15) is 9.90 Å². The number of rotatable bonds is 19. The highest BCUT2D eigenvalue weighted by atomic mass is 35.5. The third-order valence-corrected chi connectivity index (χ3v) is 5.07. The van der Waals surface area contributed by atoms with E-state index in [0.29, 0.717) is 0 Å². The minimum Gasteiger partial charge on any atom is -1.00 e. The molecule has 0 bridgehead atoms. The van der Waals surface area contributed by atoms with Gasteiger partial charge >= 0.3 is 0 Å². The fourth-order valence-electron chi connectivity index (χ4n) is 3.17. The van der Waals surface area contributed by atoms with Crippen molar-refractivity contribution in [1.29, 1.82) is 0 Å². The number of quaternary nitrogens is 2. The van der Waals surface area contributed by atoms with Gasteiger partial charge in [-0.3, -0.25) is 0 Å². The van der Waals surface area contributed by atoms with Crippen molar-refractivity contribution in [1.82, 2.24) is 0 Å². The molecule has 0 saturated carbocycles. The first-order valence-corrected chi connectivity index (χ1v) is 13.3. The Hall–Kier alpha value is -0.320. The van der Waals surface area contributed by atoms with Crippen LogP contribution in [0.2, 0.25) is 0 Å². The Morgan fingerprint density at radius 2 is 0.903 bits per heavy atom. The molecule has 192 valence electrons. The molecular weight excluding hydrogens is 408 g/mol. The van der Waals surface area contributed by atoms with Crippen molar-refractivity contribution < 1.29 is 32.9 Å². The van der Waals surface area contributed by atoms with Crippen LogP contribution in [0.3, 0.4) is 0 Å². The molecule has 0 aliphatic heterocycles. The topological polar surface area (TPSA) is 73.3 Å². The molecule has 0 aromatic carbocycles. The zero-order chi connectivity index (χ0) is 23.3. The van der Waals surface area contributed by atoms with Gasteiger partial charge in [0.05, 0.1) is 26.2 Å². The number of halogens is 1. The fraction of sp³-hybridized carbons (Fsp3) is 0.962. The van der Waals surface area contributed by atoms with Crippen LogP contribution < -0.4 is 28.1 Å². The minimum absolute atomic E-state index is 0. The van der Waals surface area contributed by atoms with Gasteiger partial charge in [-0.25, -0.2) is 0 Å². The molecule has 0 unspecified atom stereocenters. The van der Waals surface area contributed by atoms with Gasteiger partial charge in [0, 0.05) is 5.97 Å². The van der Waals surface area contributed by atoms with Crippen molar-refractivity contribution in [3.05, 3.63) is 0 Å². The number of nitrogens with two attached hydrogens (primary N) is 2. The number of carboxylic acids is 1. The molecule has 0 atom stereocenters. The van der Waals surface area contributed by atoms with E-state index in [1.807, 2.05) is 0 Å². The number of carbonyl (C=O) groups is 1. The van der Waals surface area contributed by atoms with E-state index in [4.69, 9.17) is 0 Å². The molecular formula is C26H59ClN2O2. The number of carboxylic acid groups (broad SMARTS) is 1. The Morgan fingerprint density at radius 3 is 1.13 bits per heavy atom. The Balaban J connectivity index is -0.000000275. The summed E-state index contributed by atoms with van der Waals surface area (Å²) in [6.45, 7) is 18.1. The molecule has 0 rings (SSSR count). The first-order chi connectivity index (χ1) is 14.5. The molecule has 0 fully saturated rings. The van der Waals surface area contributed by atoms with Crippen molar-refractivity contribution in [2.45, 2.75) is 131 Å². The first-order valence-electron chi connectivity index (χ1n) is 13.3. The van der Waals surface area contributed by atoms with Gasteiger partial charge in [0.1, 0.15) is 0 Å². The zero-order valence-electron chi connectivity index (χ0n) is 22.2. The van der Waals surface area contributed by atoms with E-state index in [1.165, 1.54) is 96.8 Å². The summed E-state index contributed by atoms with van der Waals surface area (Å²) >= 11 is 0. The average molecular weight is 467 g/mol. The summed E-state index contributed by atoms with van der Waals surface area (Å²) in [5, 5.41) is 14.7. The molecule has 0 heterocycles. The summed E-state index contributed by atoms with van der Waals surface area (Å²) in [5.41, 5.74) is 0. The van der Waals surface area contributed by atoms with Crippen molar-refractivity contribution in [2.24, 2.45) is 5.92 Å². The molecule has 0 amide bonds. The fourth-order valence-corrected chi connectivity index (χ4v) is 3.17. The number of hydrogen-bond acceptors (Lipinski definition) is 2. The maximum absolute atomic E-state index is 10.2. The van der Waals surface area contributed by atoms with Gasteiger partial charge in [0.15, 0.2) is 0 Å². The SMILES string of the molecule is CC(C)CCCCCCCCCCCCCCC(=O)[O-].CC[NH2+]CC.CC[NH2+]CC.[Cl-]. The Bertz CT molecular complexity index is 293. The standard InChI is InChI=1S/C18H36O2.2C4H11N.ClH/c1-17(2)15-13-11-9-7-5-3-4-6-8-10-12-14-16-18(19)20;2*1-3-5-4-2;/h17H,3-16H2,1-2H3,(H,19,20);2*5H,3-4H2,1-2H3;1H. The third kappa shape index (κ3) is 53.2. The molecule has 5 heteroatoms. The first kappa shape index (κ1) is 38.0. The molecule has 0 radical (unpaired) electrons. The van der Waals surface area contributed by atoms with E-state index >= 15 is 0 Å². The van der Waals surface area contributed by atoms with Crippen LogP contribution in [0.15, 0.2) is 0 Å². The van der Waals surface area contributed by atoms with Gasteiger partial charge in [0.2, 0.25) is 0 Å². The van der Waals surface area contributed by atoms with Gasteiger partial charge < -0.3 is 32.9 Å². The second kappa shape index (κ2) is 37.0. The molecule has 0 spiro atoms. The predicted molar refractivity (Wildman–Crippen MR) is 130 cm³/mol. The van der Waals surface area contributed by atoms with Crippen molar-refractivity contribution >= 4 is 5.97 Å². The van der Waals surface area contributed by atoms with Crippen LogP contribution in [0.1, 0.15) is 131 Å². The maximum atomic E-state index is 10.2. The zero-order valence-corrected chi connectivity index (χ0v) is 22.9. The van der Waals surface area contributed by atoms with Crippen LogP contribution in [0.4, 0.5) is 0 Å². The van der Waals surface area contributed by atoms with Crippen LogP contribution in [-0.4, -0.2) is 32.1 Å². The number of carbonyl (C=O) groups excluding carboxylic acids is 1.